The number of anilines is 1. The van der Waals surface area contributed by atoms with Crippen LogP contribution in [0.4, 0.5) is 10.5 Å². The summed E-state index contributed by atoms with van der Waals surface area (Å²) in [5.41, 5.74) is 3.44. The van der Waals surface area contributed by atoms with Gasteiger partial charge in [0, 0.05) is 70.7 Å². The van der Waals surface area contributed by atoms with Crippen LogP contribution in [0.2, 0.25) is 0 Å². The van der Waals surface area contributed by atoms with Gasteiger partial charge in [-0.1, -0.05) is 157 Å². The Labute approximate surface area is 528 Å². The van der Waals surface area contributed by atoms with Crippen LogP contribution in [0, 0.1) is 71.0 Å². The Morgan fingerprint density at radius 1 is 0.784 bits per heavy atom. The Morgan fingerprint density at radius 2 is 1.49 bits per heavy atom. The molecule has 0 radical (unpaired) electrons. The molecule has 2 fully saturated rings. The monoisotopic (exact) mass is 1220 g/mol. The number of ether oxygens (including phenoxy) is 4. The summed E-state index contributed by atoms with van der Waals surface area (Å²) in [5.74, 6) is -3.09. The highest BCUT2D eigenvalue weighted by atomic mass is 16.6. The van der Waals surface area contributed by atoms with E-state index in [9.17, 15) is 28.8 Å². The third kappa shape index (κ3) is 19.0. The van der Waals surface area contributed by atoms with Crippen molar-refractivity contribution in [3.63, 3.8) is 0 Å². The van der Waals surface area contributed by atoms with Gasteiger partial charge in [-0.05, 0) is 140 Å². The first-order valence-corrected chi connectivity index (χ1v) is 33.1. The minimum absolute atomic E-state index is 0.0738. The first-order valence-electron chi connectivity index (χ1n) is 33.1. The fourth-order valence-corrected chi connectivity index (χ4v) is 14.4. The van der Waals surface area contributed by atoms with Gasteiger partial charge in [-0.3, -0.25) is 28.8 Å². The average molecular weight is 1220 g/mol. The van der Waals surface area contributed by atoms with Crippen molar-refractivity contribution in [3.05, 3.63) is 114 Å². The molecule has 0 aromatic heterocycles. The zero-order valence-electron chi connectivity index (χ0n) is 56.0. The molecule has 0 spiro atoms. The van der Waals surface area contributed by atoms with Crippen LogP contribution in [-0.4, -0.2) is 98.0 Å². The molecule has 486 valence electrons. The van der Waals surface area contributed by atoms with Crippen molar-refractivity contribution in [2.75, 3.05) is 33.1 Å². The lowest BCUT2D eigenvalue weighted by Crippen LogP contribution is -2.47. The summed E-state index contributed by atoms with van der Waals surface area (Å²) in [6.07, 6.45) is 12.3. The highest BCUT2D eigenvalue weighted by Gasteiger charge is 2.46. The standard InChI is InChI=1S/C74H109N3O11/c1-18-46(7)68(66(85-16)42-65(80)58-33-28-34-59(58)72(86-17)51(12)63(78)39-47(8)48(9)56-29-24-23-25-30-56)50(11)49(10)67(44(3)4)52(13)70(81)69(45(5)6)77(15)74(84)87-43-54-35-36-62(76-53(14)88-57-31-26-21-20-22-27-32-57)61(40-54)73(83)75-38-37-60-64(79)41-55(19-2)71(60)82/h23-26,29-31,35-36,40,44-48,50-51,55,57-60,66-69,72,76H,10,13-14,18-22,27-28,32-34,37-39,41-43H2,1-9,11-12,15-17H3,(H,75,83)/b31-26+/t46-,47-,48+,50?,51?,55?,57?,58?,59?,60?,66?,67?,68?,69-,72?/m0/s1. The van der Waals surface area contributed by atoms with E-state index < -0.39 is 42.1 Å². The molecule has 3 aliphatic carbocycles. The molecule has 14 heteroatoms. The van der Waals surface area contributed by atoms with Gasteiger partial charge >= 0.3 is 6.09 Å². The lowest BCUT2D eigenvalue weighted by atomic mass is 9.67. The Bertz CT molecular complexity index is 2750. The minimum Gasteiger partial charge on any atom is -0.472 e. The van der Waals surface area contributed by atoms with Crippen LogP contribution in [0.15, 0.2) is 97.4 Å². The molecule has 88 heavy (non-hydrogen) atoms. The van der Waals surface area contributed by atoms with Crippen molar-refractivity contribution in [2.24, 2.45) is 71.0 Å². The molecule has 5 rings (SSSR count). The minimum atomic E-state index is -0.952. The van der Waals surface area contributed by atoms with Gasteiger partial charge in [0.1, 0.15) is 41.9 Å². The van der Waals surface area contributed by atoms with Gasteiger partial charge in [-0.15, -0.1) is 0 Å². The Kier molecular flexibility index (Phi) is 28.8. The second-order valence-corrected chi connectivity index (χ2v) is 26.7. The number of methoxy groups -OCH3 is 2. The van der Waals surface area contributed by atoms with Crippen molar-refractivity contribution < 1.29 is 52.5 Å². The molecule has 0 bridgehead atoms. The van der Waals surface area contributed by atoms with Crippen molar-refractivity contribution in [3.8, 4) is 0 Å². The number of nitrogens with one attached hydrogen (secondary N) is 2. The second kappa shape index (κ2) is 34.8. The number of carbonyl (C=O) groups excluding carboxylic acids is 7. The fourth-order valence-electron chi connectivity index (χ4n) is 14.4. The van der Waals surface area contributed by atoms with Gasteiger partial charge in [0.2, 0.25) is 0 Å². The van der Waals surface area contributed by atoms with Crippen molar-refractivity contribution >= 4 is 46.6 Å². The number of benzene rings is 2. The van der Waals surface area contributed by atoms with Gasteiger partial charge in [-0.2, -0.15) is 0 Å². The number of likely N-dealkylation sites (N-methyl/N-ethyl adjacent to an activating group) is 1. The highest BCUT2D eigenvalue weighted by Crippen LogP contribution is 2.44. The van der Waals surface area contributed by atoms with Crippen LogP contribution in [0.3, 0.4) is 0 Å². The van der Waals surface area contributed by atoms with E-state index in [2.05, 4.69) is 76.6 Å². The predicted molar refractivity (Wildman–Crippen MR) is 350 cm³/mol. The molecule has 0 aliphatic heterocycles. The van der Waals surface area contributed by atoms with E-state index in [4.69, 9.17) is 25.5 Å². The topological polar surface area (TPSA) is 184 Å². The fraction of sp³-hybridized carbons (Fsp3) is 0.635. The molecule has 2 N–H and O–H groups in total. The van der Waals surface area contributed by atoms with Crippen LogP contribution in [0.1, 0.15) is 193 Å². The normalized spacial score (nSPS) is 22.6. The number of Topliss-reactive ketones (excluding diaryl/α,β-unsaturated/α-hetero) is 5. The summed E-state index contributed by atoms with van der Waals surface area (Å²) in [6, 6.07) is 14.4. The molecule has 11 unspecified atom stereocenters. The number of rotatable bonds is 35. The third-order valence-electron chi connectivity index (χ3n) is 20.1. The van der Waals surface area contributed by atoms with Gasteiger partial charge in [-0.25, -0.2) is 4.79 Å². The molecule has 0 saturated heterocycles. The van der Waals surface area contributed by atoms with Crippen molar-refractivity contribution in [1.82, 2.24) is 10.2 Å². The number of nitrogens with zero attached hydrogens (tertiary/aromatic N) is 1. The van der Waals surface area contributed by atoms with E-state index >= 15 is 4.79 Å². The largest absolute Gasteiger partial charge is 0.472 e. The molecule has 14 nitrogen and oxygen atoms in total. The SMILES string of the molecule is C=C(Nc1ccc(COC(=O)N(C)[C@H](C(=O)C(=C)C(C(=C)C(C)C(C(CC(=O)C2CCCC2C(OC)C(C)C(=O)C[C@H](C)[C@@H](C)c2ccccc2)OC)[C@@H](C)CC)C(C)C)C(C)C)cc1C(=O)NCCC1C(=O)CC(CC)C1=O)OC1/C=C/CCCCC1. The van der Waals surface area contributed by atoms with Crippen LogP contribution in [-0.2, 0) is 49.5 Å². The molecular weight excluding hydrogens is 1110 g/mol. The maximum absolute atomic E-state index is 15.0. The number of amides is 2. The van der Waals surface area contributed by atoms with E-state index in [0.29, 0.717) is 29.7 Å². The predicted octanol–water partition coefficient (Wildman–Crippen LogP) is 15.1. The van der Waals surface area contributed by atoms with Crippen LogP contribution in [0.25, 0.3) is 0 Å². The Morgan fingerprint density at radius 3 is 2.11 bits per heavy atom. The molecular formula is C74H109N3O11. The second-order valence-electron chi connectivity index (χ2n) is 26.7. The summed E-state index contributed by atoms with van der Waals surface area (Å²) in [5, 5.41) is 6.07. The molecule has 2 aromatic rings. The van der Waals surface area contributed by atoms with Crippen LogP contribution < -0.4 is 10.6 Å². The zero-order valence-corrected chi connectivity index (χ0v) is 56.0. The Hall–Kier alpha value is -5.99. The van der Waals surface area contributed by atoms with Gasteiger partial charge in [0.15, 0.2) is 11.7 Å². The van der Waals surface area contributed by atoms with Gasteiger partial charge < -0.3 is 34.5 Å². The number of hydrogen-bond acceptors (Lipinski definition) is 12. The van der Waals surface area contributed by atoms with Crippen molar-refractivity contribution in [2.45, 2.75) is 203 Å². The van der Waals surface area contributed by atoms with E-state index in [-0.39, 0.29) is 144 Å². The summed E-state index contributed by atoms with van der Waals surface area (Å²) < 4.78 is 24.6. The van der Waals surface area contributed by atoms with Gasteiger partial charge in [0.25, 0.3) is 5.91 Å². The number of allylic oxidation sites excluding steroid dienone is 2. The molecule has 15 atom stereocenters. The number of ketones is 5. The summed E-state index contributed by atoms with van der Waals surface area (Å²) in [6.45, 7) is 35.5. The number of hydrogen-bond donors (Lipinski definition) is 2. The quantitative estimate of drug-likeness (QED) is 0.0289. The zero-order chi connectivity index (χ0) is 65.1. The smallest absolute Gasteiger partial charge is 0.410 e. The first kappa shape index (κ1) is 72.8. The lowest BCUT2D eigenvalue weighted by Gasteiger charge is -2.40. The van der Waals surface area contributed by atoms with Crippen molar-refractivity contribution in [1.29, 1.82) is 0 Å². The summed E-state index contributed by atoms with van der Waals surface area (Å²) >= 11 is 0. The van der Waals surface area contributed by atoms with Gasteiger partial charge in [0.05, 0.1) is 29.4 Å². The highest BCUT2D eigenvalue weighted by molar-refractivity contribution is 6.10. The van der Waals surface area contributed by atoms with Crippen LogP contribution >= 0.6 is 0 Å². The first-order chi connectivity index (χ1) is 41.8. The molecule has 0 heterocycles. The maximum atomic E-state index is 15.0. The van der Waals surface area contributed by atoms with E-state index in [1.807, 2.05) is 65.8 Å². The summed E-state index contributed by atoms with van der Waals surface area (Å²) in [7, 11) is 4.87. The third-order valence-corrected chi connectivity index (χ3v) is 20.1. The molecule has 2 aromatic carbocycles. The molecule has 2 amide bonds. The Balaban J connectivity index is 1.28. The molecule has 2 saturated carbocycles. The average Bonchev–Trinajstić information content (AvgIpc) is 1.36. The van der Waals surface area contributed by atoms with E-state index in [1.54, 1.807) is 39.5 Å². The van der Waals surface area contributed by atoms with Crippen LogP contribution in [0.5, 0.6) is 0 Å². The van der Waals surface area contributed by atoms with E-state index in [0.717, 1.165) is 63.4 Å². The lowest BCUT2D eigenvalue weighted by molar-refractivity contribution is -0.135. The molecule has 3 aliphatic rings. The van der Waals surface area contributed by atoms with E-state index in [1.165, 1.54) is 10.5 Å². The summed E-state index contributed by atoms with van der Waals surface area (Å²) in [4.78, 5) is 98.9. The maximum Gasteiger partial charge on any atom is 0.410 e. The number of carbonyl (C=O) groups is 7.